The second kappa shape index (κ2) is 10.8. The molecule has 0 radical (unpaired) electrons. The van der Waals surface area contributed by atoms with Gasteiger partial charge in [-0.3, -0.25) is 14.4 Å². The predicted octanol–water partition coefficient (Wildman–Crippen LogP) is 2.97. The Kier molecular flexibility index (Phi) is 7.62. The van der Waals surface area contributed by atoms with E-state index < -0.39 is 6.04 Å². The number of nitrogens with one attached hydrogen (secondary N) is 1. The number of nitrogens with zero attached hydrogens (tertiary/aromatic N) is 2. The van der Waals surface area contributed by atoms with Crippen LogP contribution >= 0.6 is 11.6 Å². The van der Waals surface area contributed by atoms with Gasteiger partial charge < -0.3 is 24.6 Å². The van der Waals surface area contributed by atoms with Crippen molar-refractivity contribution in [3.8, 4) is 0 Å². The normalized spacial score (nSPS) is 20.7. The highest BCUT2D eigenvalue weighted by atomic mass is 35.5. The van der Waals surface area contributed by atoms with Crippen molar-refractivity contribution in [2.24, 2.45) is 0 Å². The van der Waals surface area contributed by atoms with Crippen LogP contribution in [0.5, 0.6) is 0 Å². The molecular weight excluding hydrogens is 458 g/mol. The highest BCUT2D eigenvalue weighted by molar-refractivity contribution is 6.30. The average molecular weight is 484 g/mol. The van der Waals surface area contributed by atoms with Crippen LogP contribution in [0, 0.1) is 0 Å². The number of hydrogen-bond acceptors (Lipinski definition) is 5. The first-order valence-electron chi connectivity index (χ1n) is 11.0. The lowest BCUT2D eigenvalue weighted by molar-refractivity contribution is -0.132. The summed E-state index contributed by atoms with van der Waals surface area (Å²) >= 11 is 5.91. The summed E-state index contributed by atoms with van der Waals surface area (Å²) < 4.78 is 10.6. The molecule has 2 aliphatic rings. The van der Waals surface area contributed by atoms with Crippen molar-refractivity contribution < 1.29 is 23.9 Å². The standard InChI is InChI=1S/C25H26ClN3O5/c1-33-21-14-22(29(15-21)23(30)11-4-17-2-5-18(26)6-3-17)25(32)27-19-7-9-20(10-8-19)28-12-13-34-16-24(28)31/h2-11,21-22H,12-16H2,1H3,(H,27,32)/b11-4+/t21-,22-/m1/s1. The van der Waals surface area contributed by atoms with Crippen LogP contribution in [0.2, 0.25) is 5.02 Å². The second-order valence-electron chi connectivity index (χ2n) is 8.12. The summed E-state index contributed by atoms with van der Waals surface area (Å²) in [5, 5.41) is 3.50. The smallest absolute Gasteiger partial charge is 0.253 e. The molecule has 2 aromatic rings. The molecule has 0 unspecified atom stereocenters. The zero-order chi connectivity index (χ0) is 24.1. The molecule has 2 fully saturated rings. The van der Waals surface area contributed by atoms with E-state index in [2.05, 4.69) is 5.32 Å². The molecule has 8 nitrogen and oxygen atoms in total. The molecule has 2 heterocycles. The van der Waals surface area contributed by atoms with Crippen molar-refractivity contribution in [1.82, 2.24) is 4.90 Å². The average Bonchev–Trinajstić information content (AvgIpc) is 3.29. The van der Waals surface area contributed by atoms with Crippen LogP contribution in [0.3, 0.4) is 0 Å². The number of benzene rings is 2. The van der Waals surface area contributed by atoms with Crippen LogP contribution in [0.4, 0.5) is 11.4 Å². The Hall–Kier alpha value is -3.20. The van der Waals surface area contributed by atoms with Crippen molar-refractivity contribution in [2.45, 2.75) is 18.6 Å². The number of carbonyl (C=O) groups excluding carboxylic acids is 3. The van der Waals surface area contributed by atoms with Gasteiger partial charge in [-0.15, -0.1) is 0 Å². The number of likely N-dealkylation sites (tertiary alicyclic amines) is 1. The van der Waals surface area contributed by atoms with E-state index in [4.69, 9.17) is 21.1 Å². The maximum atomic E-state index is 13.1. The summed E-state index contributed by atoms with van der Waals surface area (Å²) in [6.45, 7) is 1.38. The lowest BCUT2D eigenvalue weighted by atomic mass is 10.1. The van der Waals surface area contributed by atoms with Crippen LogP contribution in [-0.2, 0) is 23.9 Å². The van der Waals surface area contributed by atoms with E-state index in [0.29, 0.717) is 36.8 Å². The van der Waals surface area contributed by atoms with Crippen molar-refractivity contribution in [3.05, 3.63) is 65.2 Å². The third-order valence-electron chi connectivity index (χ3n) is 5.90. The third kappa shape index (κ3) is 5.64. The summed E-state index contributed by atoms with van der Waals surface area (Å²) in [6, 6.07) is 13.5. The molecule has 2 saturated heterocycles. The summed E-state index contributed by atoms with van der Waals surface area (Å²) in [7, 11) is 1.57. The first-order valence-corrected chi connectivity index (χ1v) is 11.4. The molecule has 1 N–H and O–H groups in total. The highest BCUT2D eigenvalue weighted by Gasteiger charge is 2.39. The minimum Gasteiger partial charge on any atom is -0.380 e. The molecule has 34 heavy (non-hydrogen) atoms. The molecule has 0 bridgehead atoms. The van der Waals surface area contributed by atoms with Gasteiger partial charge in [-0.25, -0.2) is 0 Å². The van der Waals surface area contributed by atoms with Crippen LogP contribution < -0.4 is 10.2 Å². The van der Waals surface area contributed by atoms with Crippen LogP contribution in [0.1, 0.15) is 12.0 Å². The molecule has 3 amide bonds. The Balaban J connectivity index is 1.42. The van der Waals surface area contributed by atoms with Gasteiger partial charge in [0.1, 0.15) is 12.6 Å². The van der Waals surface area contributed by atoms with Gasteiger partial charge in [0, 0.05) is 49.1 Å². The lowest BCUT2D eigenvalue weighted by Crippen LogP contribution is -2.42. The molecule has 2 aliphatic heterocycles. The number of rotatable bonds is 6. The van der Waals surface area contributed by atoms with E-state index >= 15 is 0 Å². The highest BCUT2D eigenvalue weighted by Crippen LogP contribution is 2.24. The van der Waals surface area contributed by atoms with Crippen LogP contribution in [0.15, 0.2) is 54.6 Å². The number of hydrogen-bond donors (Lipinski definition) is 1. The largest absolute Gasteiger partial charge is 0.380 e. The first kappa shape index (κ1) is 23.9. The minimum atomic E-state index is -0.659. The van der Waals surface area contributed by atoms with Gasteiger partial charge >= 0.3 is 0 Å². The quantitative estimate of drug-likeness (QED) is 0.638. The Morgan fingerprint density at radius 2 is 1.88 bits per heavy atom. The second-order valence-corrected chi connectivity index (χ2v) is 8.56. The number of halogens is 1. The van der Waals surface area contributed by atoms with Gasteiger partial charge in [0.15, 0.2) is 0 Å². The van der Waals surface area contributed by atoms with Crippen molar-refractivity contribution in [2.75, 3.05) is 43.6 Å². The maximum Gasteiger partial charge on any atom is 0.253 e. The summed E-state index contributed by atoms with van der Waals surface area (Å²) in [5.74, 6) is -0.653. The SMILES string of the molecule is CO[C@@H]1C[C@H](C(=O)Nc2ccc(N3CCOCC3=O)cc2)N(C(=O)/C=C/c2ccc(Cl)cc2)C1. The summed E-state index contributed by atoms with van der Waals surface area (Å²) in [6.07, 6.45) is 3.33. The Bertz CT molecular complexity index is 1070. The fourth-order valence-corrected chi connectivity index (χ4v) is 4.16. The van der Waals surface area contributed by atoms with E-state index in [1.54, 1.807) is 54.5 Å². The molecule has 0 spiro atoms. The molecule has 2 aromatic carbocycles. The van der Waals surface area contributed by atoms with Gasteiger partial charge in [-0.2, -0.15) is 0 Å². The van der Waals surface area contributed by atoms with E-state index in [1.807, 2.05) is 12.1 Å². The number of ether oxygens (including phenoxy) is 2. The van der Waals surface area contributed by atoms with E-state index in [0.717, 1.165) is 11.3 Å². The first-order chi connectivity index (χ1) is 16.4. The van der Waals surface area contributed by atoms with E-state index in [9.17, 15) is 14.4 Å². The van der Waals surface area contributed by atoms with Crippen molar-refractivity contribution >= 4 is 46.8 Å². The van der Waals surface area contributed by atoms with Crippen molar-refractivity contribution in [1.29, 1.82) is 0 Å². The third-order valence-corrected chi connectivity index (χ3v) is 6.15. The maximum absolute atomic E-state index is 13.1. The molecule has 4 rings (SSSR count). The molecule has 178 valence electrons. The minimum absolute atomic E-state index is 0.0666. The Morgan fingerprint density at radius 1 is 1.15 bits per heavy atom. The van der Waals surface area contributed by atoms with E-state index in [1.165, 1.54) is 11.0 Å². The number of anilines is 2. The predicted molar refractivity (Wildman–Crippen MR) is 130 cm³/mol. The molecule has 9 heteroatoms. The van der Waals surface area contributed by atoms with Gasteiger partial charge in [0.05, 0.1) is 12.7 Å². The van der Waals surface area contributed by atoms with Crippen molar-refractivity contribution in [3.63, 3.8) is 0 Å². The number of carbonyl (C=O) groups is 3. The molecule has 0 saturated carbocycles. The van der Waals surface area contributed by atoms with Gasteiger partial charge in [-0.05, 0) is 48.0 Å². The molecule has 0 aliphatic carbocycles. The molecular formula is C25H26ClN3O5. The number of morpholine rings is 1. The summed E-state index contributed by atoms with van der Waals surface area (Å²) in [4.78, 5) is 41.2. The fraction of sp³-hybridized carbons (Fsp3) is 0.320. The zero-order valence-corrected chi connectivity index (χ0v) is 19.5. The zero-order valence-electron chi connectivity index (χ0n) is 18.8. The van der Waals surface area contributed by atoms with Crippen LogP contribution in [-0.4, -0.2) is 68.2 Å². The Morgan fingerprint density at radius 3 is 2.56 bits per heavy atom. The molecule has 0 aromatic heterocycles. The fourth-order valence-electron chi connectivity index (χ4n) is 4.04. The van der Waals surface area contributed by atoms with Gasteiger partial charge in [0.2, 0.25) is 11.8 Å². The van der Waals surface area contributed by atoms with Gasteiger partial charge in [0.25, 0.3) is 5.91 Å². The van der Waals surface area contributed by atoms with E-state index in [-0.39, 0.29) is 30.4 Å². The van der Waals surface area contributed by atoms with Crippen LogP contribution in [0.25, 0.3) is 6.08 Å². The topological polar surface area (TPSA) is 88.2 Å². The monoisotopic (exact) mass is 483 g/mol. The van der Waals surface area contributed by atoms with Gasteiger partial charge in [-0.1, -0.05) is 23.7 Å². The summed E-state index contributed by atoms with van der Waals surface area (Å²) in [5.41, 5.74) is 2.16. The number of amides is 3. The Labute approximate surface area is 203 Å². The number of methoxy groups -OCH3 is 1. The molecule has 2 atom stereocenters. The lowest BCUT2D eigenvalue weighted by Gasteiger charge is -2.27.